The van der Waals surface area contributed by atoms with Crippen LogP contribution in [-0.4, -0.2) is 0 Å². The Morgan fingerprint density at radius 1 is 0.380 bits per heavy atom. The van der Waals surface area contributed by atoms with Gasteiger partial charge in [-0.25, -0.2) is 0 Å². The molecule has 2 heteroatoms. The third-order valence-corrected chi connectivity index (χ3v) is 12.0. The summed E-state index contributed by atoms with van der Waals surface area (Å²) in [6.45, 7) is 9.46. The van der Waals surface area contributed by atoms with E-state index in [0.717, 1.165) is 28.2 Å². The monoisotopic (exact) mass is 641 g/mol. The van der Waals surface area contributed by atoms with Gasteiger partial charge in [0.05, 0.1) is 0 Å². The molecule has 0 saturated carbocycles. The second-order valence-electron chi connectivity index (χ2n) is 15.3. The van der Waals surface area contributed by atoms with Crippen molar-refractivity contribution in [1.29, 1.82) is 0 Å². The summed E-state index contributed by atoms with van der Waals surface area (Å²) in [6.07, 6.45) is 0. The van der Waals surface area contributed by atoms with Crippen LogP contribution in [0.25, 0.3) is 65.7 Å². The minimum Gasteiger partial charge on any atom is -0.456 e. The Balaban J connectivity index is 1.18. The molecule has 9 aromatic rings. The molecule has 50 heavy (non-hydrogen) atoms. The molecule has 2 nitrogen and oxygen atoms in total. The van der Waals surface area contributed by atoms with Crippen LogP contribution in [-0.2, 0) is 10.8 Å². The summed E-state index contributed by atoms with van der Waals surface area (Å²) in [6, 6.07) is 52.0. The molecular formula is C48H35NO. The van der Waals surface area contributed by atoms with E-state index in [2.05, 4.69) is 172 Å². The van der Waals surface area contributed by atoms with E-state index in [1.54, 1.807) is 0 Å². The van der Waals surface area contributed by atoms with Crippen LogP contribution in [0.1, 0.15) is 49.9 Å². The highest BCUT2D eigenvalue weighted by Crippen LogP contribution is 2.53. The second kappa shape index (κ2) is 9.43. The predicted molar refractivity (Wildman–Crippen MR) is 210 cm³/mol. The lowest BCUT2D eigenvalue weighted by Crippen LogP contribution is -2.18. The number of anilines is 3. The molecule has 0 saturated heterocycles. The molecular weight excluding hydrogens is 607 g/mol. The molecule has 0 amide bonds. The molecule has 238 valence electrons. The molecule has 0 fully saturated rings. The maximum Gasteiger partial charge on any atom is 0.136 e. The van der Waals surface area contributed by atoms with E-state index < -0.39 is 0 Å². The third kappa shape index (κ3) is 3.48. The number of fused-ring (bicyclic) bond motifs is 9. The van der Waals surface area contributed by atoms with Crippen molar-refractivity contribution < 1.29 is 4.42 Å². The first-order chi connectivity index (χ1) is 24.3. The first-order valence-corrected chi connectivity index (χ1v) is 17.7. The number of nitrogens with zero attached hydrogens (tertiary/aromatic N) is 1. The Hall–Kier alpha value is -5.86. The van der Waals surface area contributed by atoms with Crippen LogP contribution in [0, 0.1) is 0 Å². The van der Waals surface area contributed by atoms with Gasteiger partial charge < -0.3 is 9.32 Å². The molecule has 0 aliphatic heterocycles. The van der Waals surface area contributed by atoms with Gasteiger partial charge >= 0.3 is 0 Å². The molecule has 0 atom stereocenters. The van der Waals surface area contributed by atoms with Gasteiger partial charge in [0, 0.05) is 38.7 Å². The minimum atomic E-state index is -0.100. The fourth-order valence-electron chi connectivity index (χ4n) is 9.55. The highest BCUT2D eigenvalue weighted by molar-refractivity contribution is 6.33. The second-order valence-corrected chi connectivity index (χ2v) is 15.3. The maximum absolute atomic E-state index is 6.37. The zero-order chi connectivity index (χ0) is 33.5. The summed E-state index contributed by atoms with van der Waals surface area (Å²) < 4.78 is 6.37. The molecule has 1 heterocycles. The first-order valence-electron chi connectivity index (χ1n) is 17.7. The SMILES string of the molecule is CC1(C)c2ccccc2-c2ccc(N(c3ccc4c(c3)C(C)(C)c3ccccc3-4)c3ccc4c(c3)c3cccc5oc6cccc4c6c53)cc21. The van der Waals surface area contributed by atoms with Crippen molar-refractivity contribution in [1.82, 2.24) is 0 Å². The van der Waals surface area contributed by atoms with E-state index in [1.807, 2.05) is 0 Å². The summed E-state index contributed by atoms with van der Waals surface area (Å²) in [5.41, 5.74) is 16.0. The van der Waals surface area contributed by atoms with Crippen molar-refractivity contribution in [2.45, 2.75) is 38.5 Å². The standard InChI is InChI=1S/C48H35NO/c1-47(2)39-15-7-5-11-32(39)34-23-20-29(26-41(34)47)49(30-21-24-35-33-12-6-8-16-40(33)48(3,4)42(35)27-30)28-19-22-31-36-13-9-17-43-45(36)46-37(38(31)25-28)14-10-18-44(46)50-43/h5-27H,1-4H3. The van der Waals surface area contributed by atoms with Crippen molar-refractivity contribution in [2.75, 3.05) is 4.90 Å². The summed E-state index contributed by atoms with van der Waals surface area (Å²) in [5, 5.41) is 7.38. The Morgan fingerprint density at radius 3 is 1.40 bits per heavy atom. The molecule has 0 N–H and O–H groups in total. The zero-order valence-electron chi connectivity index (χ0n) is 28.6. The van der Waals surface area contributed by atoms with E-state index in [0.29, 0.717) is 0 Å². The lowest BCUT2D eigenvalue weighted by molar-refractivity contribution is 0.660. The Bertz CT molecular complexity index is 2780. The van der Waals surface area contributed by atoms with Gasteiger partial charge in [-0.05, 0) is 115 Å². The molecule has 0 unspecified atom stereocenters. The fraction of sp³-hybridized carbons (Fsp3) is 0.125. The van der Waals surface area contributed by atoms with Gasteiger partial charge in [-0.3, -0.25) is 0 Å². The minimum absolute atomic E-state index is 0.100. The molecule has 2 aliphatic rings. The third-order valence-electron chi connectivity index (χ3n) is 12.0. The number of furan rings is 1. The highest BCUT2D eigenvalue weighted by atomic mass is 16.3. The average Bonchev–Trinajstić information content (AvgIpc) is 3.72. The lowest BCUT2D eigenvalue weighted by atomic mass is 9.82. The summed E-state index contributed by atoms with van der Waals surface area (Å²) in [4.78, 5) is 2.48. The van der Waals surface area contributed by atoms with Gasteiger partial charge in [0.15, 0.2) is 0 Å². The van der Waals surface area contributed by atoms with E-state index in [4.69, 9.17) is 4.42 Å². The van der Waals surface area contributed by atoms with Gasteiger partial charge in [-0.1, -0.05) is 119 Å². The van der Waals surface area contributed by atoms with Crippen molar-refractivity contribution in [3.63, 3.8) is 0 Å². The van der Waals surface area contributed by atoms with E-state index in [9.17, 15) is 0 Å². The van der Waals surface area contributed by atoms with Crippen LogP contribution in [0.3, 0.4) is 0 Å². The van der Waals surface area contributed by atoms with Gasteiger partial charge in [0.25, 0.3) is 0 Å². The van der Waals surface area contributed by atoms with Crippen LogP contribution < -0.4 is 4.90 Å². The van der Waals surface area contributed by atoms with Gasteiger partial charge in [-0.2, -0.15) is 0 Å². The van der Waals surface area contributed by atoms with Crippen LogP contribution in [0.4, 0.5) is 17.1 Å². The lowest BCUT2D eigenvalue weighted by Gasteiger charge is -2.30. The average molecular weight is 642 g/mol. The molecule has 2 aliphatic carbocycles. The normalized spacial score (nSPS) is 15.1. The number of hydrogen-bond acceptors (Lipinski definition) is 2. The number of rotatable bonds is 3. The topological polar surface area (TPSA) is 16.4 Å². The molecule has 0 radical (unpaired) electrons. The van der Waals surface area contributed by atoms with Crippen LogP contribution in [0.2, 0.25) is 0 Å². The Labute approximate surface area is 291 Å². The first kappa shape index (κ1) is 28.0. The Morgan fingerprint density at radius 2 is 0.840 bits per heavy atom. The summed E-state index contributed by atoms with van der Waals surface area (Å²) in [5.74, 6) is 0. The molecule has 0 spiro atoms. The van der Waals surface area contributed by atoms with Gasteiger partial charge in [0.1, 0.15) is 11.2 Å². The van der Waals surface area contributed by atoms with Crippen LogP contribution in [0.15, 0.2) is 144 Å². The van der Waals surface area contributed by atoms with Crippen LogP contribution in [0.5, 0.6) is 0 Å². The van der Waals surface area contributed by atoms with E-state index >= 15 is 0 Å². The molecule has 1 aromatic heterocycles. The Kier molecular flexibility index (Phi) is 5.28. The van der Waals surface area contributed by atoms with Crippen molar-refractivity contribution >= 4 is 60.5 Å². The smallest absolute Gasteiger partial charge is 0.136 e. The largest absolute Gasteiger partial charge is 0.456 e. The van der Waals surface area contributed by atoms with Crippen LogP contribution >= 0.6 is 0 Å². The summed E-state index contributed by atoms with van der Waals surface area (Å²) >= 11 is 0. The van der Waals surface area contributed by atoms with E-state index in [-0.39, 0.29) is 10.8 Å². The number of hydrogen-bond donors (Lipinski definition) is 0. The zero-order valence-corrected chi connectivity index (χ0v) is 28.6. The van der Waals surface area contributed by atoms with Crippen molar-refractivity contribution in [3.8, 4) is 22.3 Å². The maximum atomic E-state index is 6.37. The van der Waals surface area contributed by atoms with Crippen molar-refractivity contribution in [2.24, 2.45) is 0 Å². The molecule has 0 bridgehead atoms. The quantitative estimate of drug-likeness (QED) is 0.179. The van der Waals surface area contributed by atoms with Gasteiger partial charge in [0.2, 0.25) is 0 Å². The van der Waals surface area contributed by atoms with Gasteiger partial charge in [-0.15, -0.1) is 0 Å². The highest BCUT2D eigenvalue weighted by Gasteiger charge is 2.37. The predicted octanol–water partition coefficient (Wildman–Crippen LogP) is 13.4. The summed E-state index contributed by atoms with van der Waals surface area (Å²) in [7, 11) is 0. The van der Waals surface area contributed by atoms with Crippen molar-refractivity contribution in [3.05, 3.63) is 162 Å². The van der Waals surface area contributed by atoms with E-state index in [1.165, 1.54) is 76.8 Å². The number of benzene rings is 8. The fourth-order valence-corrected chi connectivity index (χ4v) is 9.55. The molecule has 11 rings (SSSR count). The molecule has 8 aromatic carbocycles.